The third-order valence-corrected chi connectivity index (χ3v) is 2.91. The smallest absolute Gasteiger partial charge is 0.161 e. The van der Waals surface area contributed by atoms with Gasteiger partial charge < -0.3 is 5.32 Å². The van der Waals surface area contributed by atoms with E-state index in [1.54, 1.807) is 12.1 Å². The molecule has 1 aromatic heterocycles. The first kappa shape index (κ1) is 12.5. The van der Waals surface area contributed by atoms with Gasteiger partial charge in [0.1, 0.15) is 11.6 Å². The Hall–Kier alpha value is -1.97. The molecule has 3 nitrogen and oxygen atoms in total. The van der Waals surface area contributed by atoms with E-state index in [-0.39, 0.29) is 5.82 Å². The molecular formula is C14H16FN3. The topological polar surface area (TPSA) is 37.8 Å². The Bertz CT molecular complexity index is 550. The Balaban J connectivity index is 2.52. The van der Waals surface area contributed by atoms with Crippen LogP contribution in [0.3, 0.4) is 0 Å². The molecule has 0 aliphatic rings. The lowest BCUT2D eigenvalue weighted by Crippen LogP contribution is -2.04. The van der Waals surface area contributed by atoms with Crippen molar-refractivity contribution in [3.05, 3.63) is 41.3 Å². The Morgan fingerprint density at radius 2 is 1.83 bits per heavy atom. The Kier molecular flexibility index (Phi) is 3.55. The summed E-state index contributed by atoms with van der Waals surface area (Å²) < 4.78 is 12.9. The van der Waals surface area contributed by atoms with Crippen molar-refractivity contribution in [1.29, 1.82) is 0 Å². The van der Waals surface area contributed by atoms with Crippen LogP contribution in [0.5, 0.6) is 0 Å². The van der Waals surface area contributed by atoms with Gasteiger partial charge in [0.05, 0.1) is 0 Å². The Morgan fingerprint density at radius 1 is 1.17 bits per heavy atom. The average Bonchev–Trinajstić information content (AvgIpc) is 2.38. The molecule has 1 heterocycles. The zero-order chi connectivity index (χ0) is 13.1. The molecule has 0 aliphatic carbocycles. The molecule has 0 radical (unpaired) electrons. The maximum atomic E-state index is 12.9. The Morgan fingerprint density at radius 3 is 2.39 bits per heavy atom. The normalized spacial score (nSPS) is 10.4. The molecular weight excluding hydrogens is 229 g/mol. The molecule has 94 valence electrons. The van der Waals surface area contributed by atoms with Crippen LogP contribution in [-0.4, -0.2) is 17.0 Å². The summed E-state index contributed by atoms with van der Waals surface area (Å²) in [6.45, 7) is 4.04. The summed E-state index contributed by atoms with van der Waals surface area (Å²) in [5.41, 5.74) is 2.89. The van der Waals surface area contributed by atoms with Gasteiger partial charge in [-0.1, -0.05) is 6.92 Å². The fraction of sp³-hybridized carbons (Fsp3) is 0.286. The second-order valence-corrected chi connectivity index (χ2v) is 4.07. The van der Waals surface area contributed by atoms with Gasteiger partial charge >= 0.3 is 0 Å². The van der Waals surface area contributed by atoms with Crippen LogP contribution in [0.25, 0.3) is 11.4 Å². The van der Waals surface area contributed by atoms with Gasteiger partial charge in [0, 0.05) is 23.9 Å². The van der Waals surface area contributed by atoms with Crippen LogP contribution in [-0.2, 0) is 6.42 Å². The number of aryl methyl sites for hydroxylation is 1. The van der Waals surface area contributed by atoms with Crippen molar-refractivity contribution < 1.29 is 4.39 Å². The molecule has 2 rings (SSSR count). The van der Waals surface area contributed by atoms with Crippen molar-refractivity contribution in [3.8, 4) is 11.4 Å². The van der Waals surface area contributed by atoms with Crippen LogP contribution in [0.1, 0.15) is 18.2 Å². The molecule has 0 bridgehead atoms. The van der Waals surface area contributed by atoms with Crippen molar-refractivity contribution in [3.63, 3.8) is 0 Å². The van der Waals surface area contributed by atoms with Crippen molar-refractivity contribution >= 4 is 5.82 Å². The number of nitrogens with zero attached hydrogens (tertiary/aromatic N) is 2. The molecule has 0 unspecified atom stereocenters. The van der Waals surface area contributed by atoms with E-state index in [1.165, 1.54) is 12.1 Å². The molecule has 0 aliphatic heterocycles. The van der Waals surface area contributed by atoms with Gasteiger partial charge in [-0.15, -0.1) is 0 Å². The number of nitrogens with one attached hydrogen (secondary N) is 1. The van der Waals surface area contributed by atoms with Crippen LogP contribution in [0, 0.1) is 12.7 Å². The maximum absolute atomic E-state index is 12.9. The van der Waals surface area contributed by atoms with Crippen LogP contribution in [0.2, 0.25) is 0 Å². The minimum absolute atomic E-state index is 0.255. The monoisotopic (exact) mass is 245 g/mol. The highest BCUT2D eigenvalue weighted by atomic mass is 19.1. The number of anilines is 1. The lowest BCUT2D eigenvalue weighted by molar-refractivity contribution is 0.628. The summed E-state index contributed by atoms with van der Waals surface area (Å²) >= 11 is 0. The molecule has 18 heavy (non-hydrogen) atoms. The lowest BCUT2D eigenvalue weighted by Gasteiger charge is -2.11. The zero-order valence-corrected chi connectivity index (χ0v) is 10.8. The highest BCUT2D eigenvalue weighted by Crippen LogP contribution is 2.22. The molecule has 1 aromatic carbocycles. The van der Waals surface area contributed by atoms with Crippen molar-refractivity contribution in [1.82, 2.24) is 9.97 Å². The molecule has 0 amide bonds. The third-order valence-electron chi connectivity index (χ3n) is 2.91. The number of hydrogen-bond donors (Lipinski definition) is 1. The SMILES string of the molecule is CCc1c(C)nc(-c2ccc(F)cc2)nc1NC. The Labute approximate surface area is 106 Å². The largest absolute Gasteiger partial charge is 0.373 e. The molecule has 2 aromatic rings. The molecule has 0 saturated heterocycles. The minimum atomic E-state index is -0.255. The summed E-state index contributed by atoms with van der Waals surface area (Å²) in [5.74, 6) is 1.20. The van der Waals surface area contributed by atoms with Crippen molar-refractivity contribution in [2.45, 2.75) is 20.3 Å². The van der Waals surface area contributed by atoms with Crippen molar-refractivity contribution in [2.75, 3.05) is 12.4 Å². The van der Waals surface area contributed by atoms with E-state index in [0.717, 1.165) is 29.1 Å². The third kappa shape index (κ3) is 2.32. The summed E-state index contributed by atoms with van der Waals surface area (Å²) in [4.78, 5) is 8.96. The fourth-order valence-electron chi connectivity index (χ4n) is 1.95. The van der Waals surface area contributed by atoms with Crippen LogP contribution < -0.4 is 5.32 Å². The quantitative estimate of drug-likeness (QED) is 0.902. The molecule has 0 fully saturated rings. The van der Waals surface area contributed by atoms with Crippen LogP contribution >= 0.6 is 0 Å². The average molecular weight is 245 g/mol. The molecule has 1 N–H and O–H groups in total. The first-order chi connectivity index (χ1) is 8.65. The predicted molar refractivity (Wildman–Crippen MR) is 71.1 cm³/mol. The summed E-state index contributed by atoms with van der Waals surface area (Å²) in [5, 5.41) is 3.08. The van der Waals surface area contributed by atoms with Crippen LogP contribution in [0.4, 0.5) is 10.2 Å². The second-order valence-electron chi connectivity index (χ2n) is 4.07. The van der Waals surface area contributed by atoms with Gasteiger partial charge in [0.15, 0.2) is 5.82 Å². The summed E-state index contributed by atoms with van der Waals surface area (Å²) in [7, 11) is 1.84. The number of benzene rings is 1. The van der Waals surface area contributed by atoms with Gasteiger partial charge in [-0.25, -0.2) is 14.4 Å². The van der Waals surface area contributed by atoms with Gasteiger partial charge in [0.25, 0.3) is 0 Å². The molecule has 4 heteroatoms. The van der Waals surface area contributed by atoms with E-state index in [0.29, 0.717) is 5.82 Å². The van der Waals surface area contributed by atoms with Gasteiger partial charge in [0.2, 0.25) is 0 Å². The number of aromatic nitrogens is 2. The highest BCUT2D eigenvalue weighted by Gasteiger charge is 2.10. The van der Waals surface area contributed by atoms with E-state index in [4.69, 9.17) is 0 Å². The minimum Gasteiger partial charge on any atom is -0.373 e. The number of rotatable bonds is 3. The van der Waals surface area contributed by atoms with Gasteiger partial charge in [-0.2, -0.15) is 0 Å². The summed E-state index contributed by atoms with van der Waals surface area (Å²) in [6.07, 6.45) is 0.881. The van der Waals surface area contributed by atoms with E-state index >= 15 is 0 Å². The van der Waals surface area contributed by atoms with Crippen LogP contribution in [0.15, 0.2) is 24.3 Å². The molecule has 0 spiro atoms. The van der Waals surface area contributed by atoms with Gasteiger partial charge in [-0.3, -0.25) is 0 Å². The number of hydrogen-bond acceptors (Lipinski definition) is 3. The highest BCUT2D eigenvalue weighted by molar-refractivity contribution is 5.59. The van der Waals surface area contributed by atoms with Crippen molar-refractivity contribution in [2.24, 2.45) is 0 Å². The van der Waals surface area contributed by atoms with Gasteiger partial charge in [-0.05, 0) is 37.6 Å². The van der Waals surface area contributed by atoms with E-state index in [2.05, 4.69) is 22.2 Å². The zero-order valence-electron chi connectivity index (χ0n) is 10.8. The summed E-state index contributed by atoms with van der Waals surface area (Å²) in [6, 6.07) is 6.21. The van der Waals surface area contributed by atoms with E-state index in [9.17, 15) is 4.39 Å². The predicted octanol–water partition coefficient (Wildman–Crippen LogP) is 3.20. The first-order valence-corrected chi connectivity index (χ1v) is 5.97. The molecule has 0 atom stereocenters. The lowest BCUT2D eigenvalue weighted by atomic mass is 10.1. The molecule has 0 saturated carbocycles. The maximum Gasteiger partial charge on any atom is 0.161 e. The fourth-order valence-corrected chi connectivity index (χ4v) is 1.95. The van der Waals surface area contributed by atoms with E-state index < -0.39 is 0 Å². The standard InChI is InChI=1S/C14H16FN3/c1-4-12-9(2)17-13(18-14(12)16-3)10-5-7-11(15)8-6-10/h5-8H,4H2,1-3H3,(H,16,17,18). The number of halogens is 1. The second kappa shape index (κ2) is 5.12. The first-order valence-electron chi connectivity index (χ1n) is 5.97. The van der Waals surface area contributed by atoms with E-state index in [1.807, 2.05) is 14.0 Å².